The molecule has 1 fully saturated rings. The molecule has 1 atom stereocenters. The molecular formula is C19H19F4N5. The van der Waals surface area contributed by atoms with E-state index < -0.39 is 17.6 Å². The van der Waals surface area contributed by atoms with Crippen LogP contribution >= 0.6 is 0 Å². The number of alkyl halides is 3. The van der Waals surface area contributed by atoms with Crippen molar-refractivity contribution in [2.75, 3.05) is 13.1 Å². The Labute approximate surface area is 159 Å². The molecule has 0 amide bonds. The van der Waals surface area contributed by atoms with Crippen LogP contribution in [0.3, 0.4) is 0 Å². The maximum atomic E-state index is 13.7. The Morgan fingerprint density at radius 1 is 1.18 bits per heavy atom. The summed E-state index contributed by atoms with van der Waals surface area (Å²) in [4.78, 5) is 10.5. The van der Waals surface area contributed by atoms with Crippen LogP contribution in [-0.2, 0) is 12.7 Å². The predicted octanol–water partition coefficient (Wildman–Crippen LogP) is 3.97. The Kier molecular flexibility index (Phi) is 4.78. The van der Waals surface area contributed by atoms with Crippen molar-refractivity contribution < 1.29 is 17.6 Å². The minimum Gasteiger partial charge on any atom is -0.298 e. The summed E-state index contributed by atoms with van der Waals surface area (Å²) in [7, 11) is 0. The van der Waals surface area contributed by atoms with Crippen LogP contribution in [-0.4, -0.2) is 37.6 Å². The minimum absolute atomic E-state index is 0.148. The third kappa shape index (κ3) is 3.84. The summed E-state index contributed by atoms with van der Waals surface area (Å²) < 4.78 is 54.3. The highest BCUT2D eigenvalue weighted by Crippen LogP contribution is 2.32. The second-order valence-corrected chi connectivity index (χ2v) is 7.21. The molecule has 9 heteroatoms. The van der Waals surface area contributed by atoms with Gasteiger partial charge in [0.2, 0.25) is 0 Å². The van der Waals surface area contributed by atoms with Gasteiger partial charge in [0.1, 0.15) is 12.1 Å². The Bertz CT molecular complexity index is 998. The zero-order chi connectivity index (χ0) is 19.9. The van der Waals surface area contributed by atoms with Gasteiger partial charge in [-0.2, -0.15) is 23.3 Å². The second kappa shape index (κ2) is 7.12. The van der Waals surface area contributed by atoms with E-state index in [-0.39, 0.29) is 12.5 Å². The molecule has 0 saturated carbocycles. The van der Waals surface area contributed by atoms with E-state index in [0.717, 1.165) is 36.8 Å². The van der Waals surface area contributed by atoms with Crippen molar-refractivity contribution in [3.05, 3.63) is 58.9 Å². The number of piperidine rings is 1. The molecule has 3 heterocycles. The number of halogens is 4. The van der Waals surface area contributed by atoms with Crippen molar-refractivity contribution >= 4 is 5.78 Å². The number of rotatable bonds is 3. The smallest absolute Gasteiger partial charge is 0.298 e. The molecule has 148 valence electrons. The summed E-state index contributed by atoms with van der Waals surface area (Å²) in [6, 6.07) is 4.70. The molecule has 0 aliphatic carbocycles. The average molecular weight is 393 g/mol. The maximum absolute atomic E-state index is 13.7. The lowest BCUT2D eigenvalue weighted by atomic mass is 9.93. The Morgan fingerprint density at radius 2 is 2.00 bits per heavy atom. The fourth-order valence-corrected chi connectivity index (χ4v) is 3.85. The van der Waals surface area contributed by atoms with Crippen LogP contribution < -0.4 is 0 Å². The molecular weight excluding hydrogens is 374 g/mol. The highest BCUT2D eigenvalue weighted by molar-refractivity contribution is 5.32. The summed E-state index contributed by atoms with van der Waals surface area (Å²) in [6.07, 6.45) is -1.28. The number of fused-ring (bicyclic) bond motifs is 1. The number of benzene rings is 1. The fraction of sp³-hybridized carbons (Fsp3) is 0.421. The predicted molar refractivity (Wildman–Crippen MR) is 94.2 cm³/mol. The van der Waals surface area contributed by atoms with Crippen LogP contribution in [0.2, 0.25) is 0 Å². The molecule has 0 radical (unpaired) electrons. The van der Waals surface area contributed by atoms with Crippen molar-refractivity contribution in [1.29, 1.82) is 0 Å². The lowest BCUT2D eigenvalue weighted by molar-refractivity contribution is -0.137. The number of hydrogen-bond donors (Lipinski definition) is 0. The van der Waals surface area contributed by atoms with Crippen molar-refractivity contribution in [2.45, 2.75) is 38.4 Å². The largest absolute Gasteiger partial charge is 0.416 e. The highest BCUT2D eigenvalue weighted by Gasteiger charge is 2.32. The minimum atomic E-state index is -4.56. The molecule has 3 aromatic rings. The van der Waals surface area contributed by atoms with Gasteiger partial charge in [-0.05, 0) is 56.1 Å². The first-order valence-corrected chi connectivity index (χ1v) is 9.06. The lowest BCUT2D eigenvalue weighted by Crippen LogP contribution is -2.34. The van der Waals surface area contributed by atoms with Gasteiger partial charge in [-0.15, -0.1) is 0 Å². The standard InChI is InChI=1S/C19H19F4N5/c1-12-5-17(28-18(26-12)24-11-25-28)14-3-2-4-27(10-14)9-13-6-15(19(21,22)23)8-16(20)7-13/h5-8,11,14H,2-4,9-10H2,1H3. The summed E-state index contributed by atoms with van der Waals surface area (Å²) in [5.41, 5.74) is 1.20. The Hall–Kier alpha value is -2.55. The fourth-order valence-electron chi connectivity index (χ4n) is 3.85. The molecule has 0 spiro atoms. The highest BCUT2D eigenvalue weighted by atomic mass is 19.4. The topological polar surface area (TPSA) is 46.3 Å². The molecule has 1 aliphatic rings. The first-order chi connectivity index (χ1) is 13.3. The van der Waals surface area contributed by atoms with Crippen LogP contribution in [0.4, 0.5) is 17.6 Å². The van der Waals surface area contributed by atoms with Gasteiger partial charge in [-0.3, -0.25) is 4.90 Å². The van der Waals surface area contributed by atoms with E-state index in [1.807, 2.05) is 13.0 Å². The molecule has 2 aromatic heterocycles. The third-order valence-corrected chi connectivity index (χ3v) is 5.02. The van der Waals surface area contributed by atoms with E-state index in [9.17, 15) is 17.6 Å². The van der Waals surface area contributed by atoms with Crippen LogP contribution in [0.25, 0.3) is 5.78 Å². The zero-order valence-electron chi connectivity index (χ0n) is 15.2. The van der Waals surface area contributed by atoms with Crippen molar-refractivity contribution in [1.82, 2.24) is 24.5 Å². The summed E-state index contributed by atoms with van der Waals surface area (Å²) in [5, 5.41) is 4.24. The lowest BCUT2D eigenvalue weighted by Gasteiger charge is -2.33. The van der Waals surface area contributed by atoms with E-state index in [1.54, 1.807) is 4.52 Å². The SMILES string of the molecule is Cc1cc(C2CCCN(Cc3cc(F)cc(C(F)(F)F)c3)C2)n2ncnc2n1. The van der Waals surface area contributed by atoms with Gasteiger partial charge in [0.15, 0.2) is 0 Å². The van der Waals surface area contributed by atoms with Gasteiger partial charge < -0.3 is 0 Å². The zero-order valence-corrected chi connectivity index (χ0v) is 15.2. The van der Waals surface area contributed by atoms with Crippen LogP contribution in [0.5, 0.6) is 0 Å². The van der Waals surface area contributed by atoms with E-state index in [4.69, 9.17) is 0 Å². The number of aryl methyl sites for hydroxylation is 1. The normalized spacial score (nSPS) is 18.7. The molecule has 1 aromatic carbocycles. The molecule has 4 rings (SSSR count). The monoisotopic (exact) mass is 393 g/mol. The quantitative estimate of drug-likeness (QED) is 0.632. The van der Waals surface area contributed by atoms with Gasteiger partial charge in [0, 0.05) is 24.7 Å². The summed E-state index contributed by atoms with van der Waals surface area (Å²) in [5.74, 6) is -0.185. The number of hydrogen-bond acceptors (Lipinski definition) is 4. The van der Waals surface area contributed by atoms with E-state index >= 15 is 0 Å². The van der Waals surface area contributed by atoms with E-state index in [1.165, 1.54) is 12.4 Å². The number of nitrogens with zero attached hydrogens (tertiary/aromatic N) is 5. The second-order valence-electron chi connectivity index (χ2n) is 7.21. The first kappa shape index (κ1) is 18.8. The molecule has 0 bridgehead atoms. The molecule has 1 unspecified atom stereocenters. The van der Waals surface area contributed by atoms with Crippen LogP contribution in [0.15, 0.2) is 30.6 Å². The number of likely N-dealkylation sites (tertiary alicyclic amines) is 1. The van der Waals surface area contributed by atoms with Crippen LogP contribution in [0, 0.1) is 12.7 Å². The Balaban J connectivity index is 1.56. The van der Waals surface area contributed by atoms with Gasteiger partial charge >= 0.3 is 6.18 Å². The average Bonchev–Trinajstić information content (AvgIpc) is 3.08. The molecule has 1 aliphatic heterocycles. The summed E-state index contributed by atoms with van der Waals surface area (Å²) >= 11 is 0. The van der Waals surface area contributed by atoms with E-state index in [0.29, 0.717) is 24.0 Å². The molecule has 5 nitrogen and oxygen atoms in total. The van der Waals surface area contributed by atoms with Crippen molar-refractivity contribution in [3.63, 3.8) is 0 Å². The Morgan fingerprint density at radius 3 is 2.79 bits per heavy atom. The van der Waals surface area contributed by atoms with Gasteiger partial charge in [-0.25, -0.2) is 13.9 Å². The maximum Gasteiger partial charge on any atom is 0.416 e. The van der Waals surface area contributed by atoms with Gasteiger partial charge in [0.05, 0.1) is 11.3 Å². The van der Waals surface area contributed by atoms with Crippen molar-refractivity contribution in [3.8, 4) is 0 Å². The molecule has 28 heavy (non-hydrogen) atoms. The van der Waals surface area contributed by atoms with Crippen molar-refractivity contribution in [2.24, 2.45) is 0 Å². The van der Waals surface area contributed by atoms with E-state index in [2.05, 4.69) is 20.0 Å². The van der Waals surface area contributed by atoms with Gasteiger partial charge in [0.25, 0.3) is 5.78 Å². The number of aromatic nitrogens is 4. The molecule has 1 saturated heterocycles. The van der Waals surface area contributed by atoms with Gasteiger partial charge in [-0.1, -0.05) is 0 Å². The first-order valence-electron chi connectivity index (χ1n) is 9.06. The molecule has 0 N–H and O–H groups in total. The summed E-state index contributed by atoms with van der Waals surface area (Å²) in [6.45, 7) is 3.56. The van der Waals surface area contributed by atoms with Crippen LogP contribution in [0.1, 0.15) is 41.3 Å². The third-order valence-electron chi connectivity index (χ3n) is 5.02.